The van der Waals surface area contributed by atoms with Crippen LogP contribution < -0.4 is 0 Å². The first-order valence-electron chi connectivity index (χ1n) is 9.21. The fraction of sp³-hybridized carbons (Fsp3) is 0.286. The number of halogens is 1. The highest BCUT2D eigenvalue weighted by Crippen LogP contribution is 2.37. The van der Waals surface area contributed by atoms with Gasteiger partial charge in [-0.25, -0.2) is 4.39 Å². The number of likely N-dealkylation sites (N-methyl/N-ethyl adjacent to an activating group) is 1. The number of thioether (sulfide) groups is 1. The fourth-order valence-corrected chi connectivity index (χ4v) is 4.08. The largest absolute Gasteiger partial charge is 0.342 e. The van der Waals surface area contributed by atoms with Crippen molar-refractivity contribution < 1.29 is 9.18 Å². The average Bonchev–Trinajstić information content (AvgIpc) is 3.08. The van der Waals surface area contributed by atoms with E-state index < -0.39 is 5.25 Å². The fourth-order valence-electron chi connectivity index (χ4n) is 2.99. The summed E-state index contributed by atoms with van der Waals surface area (Å²) in [4.78, 5) is 14.9. The Morgan fingerprint density at radius 2 is 1.71 bits per heavy atom. The van der Waals surface area contributed by atoms with Crippen LogP contribution in [-0.4, -0.2) is 38.7 Å². The van der Waals surface area contributed by atoms with Crippen molar-refractivity contribution in [1.29, 1.82) is 0 Å². The highest BCUT2D eigenvalue weighted by molar-refractivity contribution is 8.00. The van der Waals surface area contributed by atoms with E-state index in [0.717, 1.165) is 5.56 Å². The molecule has 7 heteroatoms. The van der Waals surface area contributed by atoms with Crippen LogP contribution in [0.3, 0.4) is 0 Å². The topological polar surface area (TPSA) is 51.0 Å². The number of carbonyl (C=O) groups excluding carboxylic acids is 1. The van der Waals surface area contributed by atoms with E-state index in [-0.39, 0.29) is 11.7 Å². The van der Waals surface area contributed by atoms with Crippen molar-refractivity contribution in [3.05, 3.63) is 66.0 Å². The van der Waals surface area contributed by atoms with E-state index in [9.17, 15) is 9.18 Å². The molecule has 0 N–H and O–H groups in total. The number of amides is 1. The first-order valence-corrected chi connectivity index (χ1v) is 10.1. The second-order valence-corrected chi connectivity index (χ2v) is 7.34. The molecule has 5 nitrogen and oxygen atoms in total. The van der Waals surface area contributed by atoms with Crippen LogP contribution in [0, 0.1) is 5.82 Å². The van der Waals surface area contributed by atoms with Gasteiger partial charge in [-0.2, -0.15) is 0 Å². The summed E-state index contributed by atoms with van der Waals surface area (Å²) in [6.45, 7) is 5.20. The molecule has 1 atom stereocenters. The summed E-state index contributed by atoms with van der Waals surface area (Å²) in [5.74, 6) is 0.104. The van der Waals surface area contributed by atoms with Gasteiger partial charge in [0.15, 0.2) is 11.0 Å². The maximum Gasteiger partial charge on any atom is 0.240 e. The minimum atomic E-state index is -0.447. The van der Waals surface area contributed by atoms with Crippen LogP contribution in [0.2, 0.25) is 0 Å². The normalized spacial score (nSPS) is 12.0. The van der Waals surface area contributed by atoms with Gasteiger partial charge in [0.2, 0.25) is 5.91 Å². The summed E-state index contributed by atoms with van der Waals surface area (Å²) in [6.07, 6.45) is 0. The van der Waals surface area contributed by atoms with E-state index in [4.69, 9.17) is 0 Å². The predicted molar refractivity (Wildman–Crippen MR) is 109 cm³/mol. The number of hydrogen-bond donors (Lipinski definition) is 0. The zero-order valence-corrected chi connectivity index (χ0v) is 17.0. The lowest BCUT2D eigenvalue weighted by Gasteiger charge is -2.24. The Labute approximate surface area is 168 Å². The minimum absolute atomic E-state index is 0.0247. The SMILES string of the molecule is CCN(CC)C(=O)[C@@H](Sc1nnc(-c2ccccc2F)n1C)c1ccccc1. The van der Waals surface area contributed by atoms with Crippen LogP contribution in [-0.2, 0) is 11.8 Å². The molecule has 0 fully saturated rings. The van der Waals surface area contributed by atoms with Crippen molar-refractivity contribution in [2.45, 2.75) is 24.3 Å². The minimum Gasteiger partial charge on any atom is -0.342 e. The van der Waals surface area contributed by atoms with Gasteiger partial charge in [-0.3, -0.25) is 4.79 Å². The third kappa shape index (κ3) is 4.09. The second kappa shape index (κ2) is 9.01. The molecule has 0 aliphatic carbocycles. The number of benzene rings is 2. The molecule has 146 valence electrons. The first kappa shape index (κ1) is 20.1. The molecule has 0 aliphatic rings. The highest BCUT2D eigenvalue weighted by Gasteiger charge is 2.28. The monoisotopic (exact) mass is 398 g/mol. The van der Waals surface area contributed by atoms with Gasteiger partial charge in [-0.05, 0) is 31.5 Å². The molecular formula is C21H23FN4OS. The van der Waals surface area contributed by atoms with Gasteiger partial charge in [0, 0.05) is 20.1 Å². The Bertz CT molecular complexity index is 941. The molecule has 3 aromatic rings. The summed E-state index contributed by atoms with van der Waals surface area (Å²) < 4.78 is 15.9. The molecule has 0 unspecified atom stereocenters. The molecule has 0 spiro atoms. The van der Waals surface area contributed by atoms with E-state index in [1.165, 1.54) is 17.8 Å². The molecule has 0 saturated carbocycles. The van der Waals surface area contributed by atoms with E-state index in [1.807, 2.05) is 44.2 Å². The molecule has 0 aliphatic heterocycles. The van der Waals surface area contributed by atoms with Gasteiger partial charge >= 0.3 is 0 Å². The van der Waals surface area contributed by atoms with Crippen molar-refractivity contribution in [1.82, 2.24) is 19.7 Å². The van der Waals surface area contributed by atoms with Crippen molar-refractivity contribution >= 4 is 17.7 Å². The van der Waals surface area contributed by atoms with E-state index in [2.05, 4.69) is 10.2 Å². The summed E-state index contributed by atoms with van der Waals surface area (Å²) in [6, 6.07) is 16.1. The van der Waals surface area contributed by atoms with E-state index >= 15 is 0 Å². The number of hydrogen-bond acceptors (Lipinski definition) is 4. The van der Waals surface area contributed by atoms with E-state index in [1.54, 1.807) is 34.7 Å². The Morgan fingerprint density at radius 1 is 1.07 bits per heavy atom. The zero-order chi connectivity index (χ0) is 20.1. The standard InChI is InChI=1S/C21H23FN4OS/c1-4-26(5-2)20(27)18(15-11-7-6-8-12-15)28-21-24-23-19(25(21)3)16-13-9-10-14-17(16)22/h6-14,18H,4-5H2,1-3H3/t18-/m0/s1. The van der Waals surface area contributed by atoms with Crippen molar-refractivity contribution in [2.24, 2.45) is 7.05 Å². The van der Waals surface area contributed by atoms with Crippen LogP contribution in [0.4, 0.5) is 4.39 Å². The van der Waals surface area contributed by atoms with Gasteiger partial charge in [0.1, 0.15) is 11.1 Å². The molecule has 1 aromatic heterocycles. The van der Waals surface area contributed by atoms with Crippen LogP contribution in [0.5, 0.6) is 0 Å². The third-order valence-electron chi connectivity index (χ3n) is 4.57. The van der Waals surface area contributed by atoms with E-state index in [0.29, 0.717) is 29.6 Å². The van der Waals surface area contributed by atoms with Gasteiger partial charge in [0.25, 0.3) is 0 Å². The van der Waals surface area contributed by atoms with Gasteiger partial charge in [-0.15, -0.1) is 10.2 Å². The van der Waals surface area contributed by atoms with Crippen LogP contribution >= 0.6 is 11.8 Å². The first-order chi connectivity index (χ1) is 13.6. The Balaban J connectivity index is 1.96. The lowest BCUT2D eigenvalue weighted by Crippen LogP contribution is -2.34. The molecule has 0 saturated heterocycles. The molecule has 28 heavy (non-hydrogen) atoms. The lowest BCUT2D eigenvalue weighted by atomic mass is 10.1. The number of rotatable bonds is 7. The van der Waals surface area contributed by atoms with Crippen molar-refractivity contribution in [2.75, 3.05) is 13.1 Å². The number of carbonyl (C=O) groups is 1. The molecule has 1 heterocycles. The van der Waals surface area contributed by atoms with Crippen LogP contribution in [0.1, 0.15) is 24.7 Å². The lowest BCUT2D eigenvalue weighted by molar-refractivity contribution is -0.130. The maximum atomic E-state index is 14.2. The number of aromatic nitrogens is 3. The molecule has 1 amide bonds. The smallest absolute Gasteiger partial charge is 0.240 e. The third-order valence-corrected chi connectivity index (χ3v) is 5.85. The zero-order valence-electron chi connectivity index (χ0n) is 16.2. The molecule has 0 bridgehead atoms. The van der Waals surface area contributed by atoms with Crippen LogP contribution in [0.25, 0.3) is 11.4 Å². The molecule has 0 radical (unpaired) electrons. The summed E-state index contributed by atoms with van der Waals surface area (Å²) in [5, 5.41) is 8.51. The summed E-state index contributed by atoms with van der Waals surface area (Å²) in [5.41, 5.74) is 1.29. The Morgan fingerprint density at radius 3 is 2.36 bits per heavy atom. The Kier molecular flexibility index (Phi) is 6.46. The second-order valence-electron chi connectivity index (χ2n) is 6.26. The number of nitrogens with zero attached hydrogens (tertiary/aromatic N) is 4. The van der Waals surface area contributed by atoms with Gasteiger partial charge in [-0.1, -0.05) is 54.2 Å². The molecular weight excluding hydrogens is 375 g/mol. The van der Waals surface area contributed by atoms with Gasteiger partial charge in [0.05, 0.1) is 5.56 Å². The molecule has 3 rings (SSSR count). The van der Waals surface area contributed by atoms with Gasteiger partial charge < -0.3 is 9.47 Å². The quantitative estimate of drug-likeness (QED) is 0.556. The van der Waals surface area contributed by atoms with Crippen LogP contribution in [0.15, 0.2) is 59.8 Å². The summed E-state index contributed by atoms with van der Waals surface area (Å²) >= 11 is 1.33. The average molecular weight is 399 g/mol. The highest BCUT2D eigenvalue weighted by atomic mass is 32.2. The maximum absolute atomic E-state index is 14.2. The van der Waals surface area contributed by atoms with Crippen molar-refractivity contribution in [3.8, 4) is 11.4 Å². The van der Waals surface area contributed by atoms with Crippen molar-refractivity contribution in [3.63, 3.8) is 0 Å². The molecule has 2 aromatic carbocycles. The summed E-state index contributed by atoms with van der Waals surface area (Å²) in [7, 11) is 1.79. The predicted octanol–water partition coefficient (Wildman–Crippen LogP) is 4.32. The Hall–Kier alpha value is -2.67.